The van der Waals surface area contributed by atoms with Gasteiger partial charge in [0.25, 0.3) is 5.91 Å². The number of carbonyl (C=O) groups is 1. The highest BCUT2D eigenvalue weighted by atomic mass is 16.5. The summed E-state index contributed by atoms with van der Waals surface area (Å²) < 4.78 is 6.23. The van der Waals surface area contributed by atoms with Crippen molar-refractivity contribution in [3.8, 4) is 5.75 Å². The summed E-state index contributed by atoms with van der Waals surface area (Å²) in [4.78, 5) is 21.8. The van der Waals surface area contributed by atoms with Gasteiger partial charge in [0.2, 0.25) is 0 Å². The van der Waals surface area contributed by atoms with Crippen LogP contribution < -0.4 is 4.74 Å². The Labute approximate surface area is 167 Å². The van der Waals surface area contributed by atoms with Crippen molar-refractivity contribution in [1.82, 2.24) is 14.8 Å². The zero-order chi connectivity index (χ0) is 19.7. The van der Waals surface area contributed by atoms with Crippen molar-refractivity contribution < 1.29 is 9.53 Å². The van der Waals surface area contributed by atoms with Crippen LogP contribution >= 0.6 is 0 Å². The summed E-state index contributed by atoms with van der Waals surface area (Å²) in [5.74, 6) is 0.939. The second-order valence-electron chi connectivity index (χ2n) is 8.49. The normalized spacial score (nSPS) is 21.6. The minimum absolute atomic E-state index is 0.0455. The predicted molar refractivity (Wildman–Crippen MR) is 112 cm³/mol. The van der Waals surface area contributed by atoms with Gasteiger partial charge in [0, 0.05) is 37.1 Å². The fraction of sp³-hybridized carbons (Fsp3) is 0.565. The van der Waals surface area contributed by atoms with Crippen LogP contribution in [-0.2, 0) is 0 Å². The number of pyridine rings is 1. The molecule has 2 aromatic rings. The molecule has 0 N–H and O–H groups in total. The SMILES string of the molecule is CC(C)N1CCC(Oc2ccc3nc(C(=O)N4CCCC4C)ccc3c2)CC1. The fourth-order valence-electron chi connectivity index (χ4n) is 4.38. The Kier molecular flexibility index (Phi) is 5.54. The first-order valence-corrected chi connectivity index (χ1v) is 10.6. The van der Waals surface area contributed by atoms with E-state index in [1.165, 1.54) is 0 Å². The van der Waals surface area contributed by atoms with Crippen molar-refractivity contribution in [3.05, 3.63) is 36.0 Å². The molecule has 3 heterocycles. The van der Waals surface area contributed by atoms with E-state index in [0.717, 1.165) is 62.0 Å². The third kappa shape index (κ3) is 4.00. The lowest BCUT2D eigenvalue weighted by Crippen LogP contribution is -2.41. The van der Waals surface area contributed by atoms with Gasteiger partial charge in [0.05, 0.1) is 5.52 Å². The molecule has 2 saturated heterocycles. The monoisotopic (exact) mass is 381 g/mol. The number of amides is 1. The maximum atomic E-state index is 12.7. The van der Waals surface area contributed by atoms with Gasteiger partial charge in [-0.05, 0) is 70.7 Å². The average molecular weight is 382 g/mol. The number of benzene rings is 1. The molecule has 0 spiro atoms. The molecule has 1 unspecified atom stereocenters. The van der Waals surface area contributed by atoms with Crippen LogP contribution in [0.3, 0.4) is 0 Å². The van der Waals surface area contributed by atoms with Crippen molar-refractivity contribution in [2.45, 2.75) is 64.6 Å². The van der Waals surface area contributed by atoms with E-state index in [4.69, 9.17) is 4.74 Å². The van der Waals surface area contributed by atoms with Crippen LogP contribution in [0.2, 0.25) is 0 Å². The van der Waals surface area contributed by atoms with Crippen molar-refractivity contribution in [1.29, 1.82) is 0 Å². The molecule has 0 radical (unpaired) electrons. The number of carbonyl (C=O) groups excluding carboxylic acids is 1. The fourth-order valence-corrected chi connectivity index (χ4v) is 4.38. The van der Waals surface area contributed by atoms with Crippen LogP contribution in [-0.4, -0.2) is 58.5 Å². The summed E-state index contributed by atoms with van der Waals surface area (Å²) >= 11 is 0. The second-order valence-corrected chi connectivity index (χ2v) is 8.49. The Morgan fingerprint density at radius 2 is 1.89 bits per heavy atom. The van der Waals surface area contributed by atoms with E-state index in [0.29, 0.717) is 17.8 Å². The summed E-state index contributed by atoms with van der Waals surface area (Å²) in [7, 11) is 0. The summed E-state index contributed by atoms with van der Waals surface area (Å²) in [6.07, 6.45) is 4.57. The molecule has 4 rings (SSSR count). The smallest absolute Gasteiger partial charge is 0.272 e. The minimum Gasteiger partial charge on any atom is -0.490 e. The highest BCUT2D eigenvalue weighted by molar-refractivity contribution is 5.95. The Morgan fingerprint density at radius 1 is 1.11 bits per heavy atom. The molecule has 2 aliphatic heterocycles. The molecule has 0 aliphatic carbocycles. The van der Waals surface area contributed by atoms with E-state index >= 15 is 0 Å². The van der Waals surface area contributed by atoms with Crippen LogP contribution in [0.25, 0.3) is 10.9 Å². The van der Waals surface area contributed by atoms with Crippen LogP contribution in [0.5, 0.6) is 5.75 Å². The Hall–Kier alpha value is -2.14. The number of piperidine rings is 1. The summed E-state index contributed by atoms with van der Waals surface area (Å²) in [6, 6.07) is 10.8. The molecule has 28 heavy (non-hydrogen) atoms. The number of hydrogen-bond acceptors (Lipinski definition) is 4. The number of likely N-dealkylation sites (tertiary alicyclic amines) is 2. The van der Waals surface area contributed by atoms with E-state index in [1.54, 1.807) is 0 Å². The number of ether oxygens (including phenoxy) is 1. The molecule has 2 aliphatic rings. The van der Waals surface area contributed by atoms with Crippen LogP contribution in [0.4, 0.5) is 0 Å². The lowest BCUT2D eigenvalue weighted by molar-refractivity contribution is 0.0742. The Bertz CT molecular complexity index is 843. The van der Waals surface area contributed by atoms with Gasteiger partial charge < -0.3 is 14.5 Å². The van der Waals surface area contributed by atoms with Gasteiger partial charge in [0.1, 0.15) is 17.5 Å². The molecule has 1 aromatic carbocycles. The van der Waals surface area contributed by atoms with E-state index in [-0.39, 0.29) is 12.0 Å². The number of fused-ring (bicyclic) bond motifs is 1. The van der Waals surface area contributed by atoms with Gasteiger partial charge >= 0.3 is 0 Å². The van der Waals surface area contributed by atoms with Crippen LogP contribution in [0.1, 0.15) is 56.9 Å². The van der Waals surface area contributed by atoms with Crippen LogP contribution in [0.15, 0.2) is 30.3 Å². The number of hydrogen-bond donors (Lipinski definition) is 0. The second kappa shape index (κ2) is 8.08. The van der Waals surface area contributed by atoms with Gasteiger partial charge in [0.15, 0.2) is 0 Å². The first-order valence-electron chi connectivity index (χ1n) is 10.6. The highest BCUT2D eigenvalue weighted by Crippen LogP contribution is 2.25. The number of rotatable bonds is 4. The average Bonchev–Trinajstić information content (AvgIpc) is 3.13. The molecule has 1 amide bonds. The van der Waals surface area contributed by atoms with E-state index in [1.807, 2.05) is 35.2 Å². The molecule has 1 aromatic heterocycles. The number of aromatic nitrogens is 1. The zero-order valence-electron chi connectivity index (χ0n) is 17.2. The number of nitrogens with zero attached hydrogens (tertiary/aromatic N) is 3. The van der Waals surface area contributed by atoms with Crippen molar-refractivity contribution in [2.24, 2.45) is 0 Å². The standard InChI is InChI=1S/C23H31N3O2/c1-16(2)25-13-10-19(11-14-25)28-20-7-9-21-18(15-20)6-8-22(24-21)23(27)26-12-4-5-17(26)3/h6-9,15-17,19H,4-5,10-14H2,1-3H3. The van der Waals surface area contributed by atoms with Crippen molar-refractivity contribution in [3.63, 3.8) is 0 Å². The summed E-state index contributed by atoms with van der Waals surface area (Å²) in [5, 5.41) is 1.02. The molecule has 0 saturated carbocycles. The quantitative estimate of drug-likeness (QED) is 0.799. The van der Waals surface area contributed by atoms with E-state index in [2.05, 4.69) is 30.7 Å². The van der Waals surface area contributed by atoms with Gasteiger partial charge in [-0.2, -0.15) is 0 Å². The third-order valence-corrected chi connectivity index (χ3v) is 6.20. The summed E-state index contributed by atoms with van der Waals surface area (Å²) in [6.45, 7) is 9.64. The Morgan fingerprint density at radius 3 is 2.57 bits per heavy atom. The molecule has 150 valence electrons. The topological polar surface area (TPSA) is 45.7 Å². The molecule has 1 atom stereocenters. The first-order chi connectivity index (χ1) is 13.5. The molecule has 5 heteroatoms. The highest BCUT2D eigenvalue weighted by Gasteiger charge is 2.27. The molecular formula is C23H31N3O2. The largest absolute Gasteiger partial charge is 0.490 e. The van der Waals surface area contributed by atoms with E-state index < -0.39 is 0 Å². The predicted octanol–water partition coefficient (Wildman–Crippen LogP) is 4.11. The maximum absolute atomic E-state index is 12.7. The van der Waals surface area contributed by atoms with Gasteiger partial charge in [-0.1, -0.05) is 6.07 Å². The molecule has 5 nitrogen and oxygen atoms in total. The third-order valence-electron chi connectivity index (χ3n) is 6.20. The molecule has 0 bridgehead atoms. The zero-order valence-corrected chi connectivity index (χ0v) is 17.2. The summed E-state index contributed by atoms with van der Waals surface area (Å²) in [5.41, 5.74) is 1.38. The van der Waals surface area contributed by atoms with Gasteiger partial charge in [-0.25, -0.2) is 4.98 Å². The van der Waals surface area contributed by atoms with Crippen molar-refractivity contribution >= 4 is 16.8 Å². The first kappa shape index (κ1) is 19.2. The van der Waals surface area contributed by atoms with Gasteiger partial charge in [-0.15, -0.1) is 0 Å². The molecular weight excluding hydrogens is 350 g/mol. The lowest BCUT2D eigenvalue weighted by Gasteiger charge is -2.34. The maximum Gasteiger partial charge on any atom is 0.272 e. The van der Waals surface area contributed by atoms with Crippen LogP contribution in [0, 0.1) is 0 Å². The van der Waals surface area contributed by atoms with Crippen molar-refractivity contribution in [2.75, 3.05) is 19.6 Å². The van der Waals surface area contributed by atoms with E-state index in [9.17, 15) is 4.79 Å². The Balaban J connectivity index is 1.44. The lowest BCUT2D eigenvalue weighted by atomic mass is 10.1. The minimum atomic E-state index is 0.0455. The van der Waals surface area contributed by atoms with Gasteiger partial charge in [-0.3, -0.25) is 4.79 Å². The molecule has 2 fully saturated rings.